The first kappa shape index (κ1) is 23.1. The van der Waals surface area contributed by atoms with Crippen molar-refractivity contribution in [2.24, 2.45) is 5.92 Å². The van der Waals surface area contributed by atoms with E-state index in [1.165, 1.54) is 0 Å². The van der Waals surface area contributed by atoms with E-state index in [1.54, 1.807) is 17.5 Å². The smallest absolute Gasteiger partial charge is 0.236 e. The van der Waals surface area contributed by atoms with Gasteiger partial charge in [-0.1, -0.05) is 19.1 Å². The van der Waals surface area contributed by atoms with E-state index in [4.69, 9.17) is 10.7 Å². The quantitative estimate of drug-likeness (QED) is 0.438. The lowest BCUT2D eigenvalue weighted by molar-refractivity contribution is -0.131. The number of hydrogen-bond donors (Lipinski definition) is 1. The van der Waals surface area contributed by atoms with Gasteiger partial charge in [-0.3, -0.25) is 14.4 Å². The topological polar surface area (TPSA) is 93.2 Å². The van der Waals surface area contributed by atoms with Crippen LogP contribution >= 0.6 is 11.3 Å². The van der Waals surface area contributed by atoms with Gasteiger partial charge >= 0.3 is 0 Å². The molecule has 0 bridgehead atoms. The normalized spacial score (nSPS) is 19.4. The number of hydrogen-bond acceptors (Lipinski definition) is 7. The molecular weight excluding hydrogens is 470 g/mol. The van der Waals surface area contributed by atoms with Crippen LogP contribution < -0.4 is 5.73 Å². The average molecular weight is 502 g/mol. The molecule has 2 saturated heterocycles. The summed E-state index contributed by atoms with van der Waals surface area (Å²) in [4.78, 5) is 26.2. The number of nitrogens with zero attached hydrogens (tertiary/aromatic N) is 6. The fraction of sp³-hybridized carbons (Fsp3) is 0.407. The van der Waals surface area contributed by atoms with Gasteiger partial charge in [0.1, 0.15) is 10.8 Å². The zero-order valence-electron chi connectivity index (χ0n) is 20.5. The number of benzene rings is 1. The van der Waals surface area contributed by atoms with Gasteiger partial charge in [0, 0.05) is 49.7 Å². The Hall–Kier alpha value is -3.30. The SMILES string of the molecule is CC1CCN(C(=O)CN2CCC(n3cc(-c4cnc(N)c(-c5nc6ccccc6s5)c4)cn3)CC2)C1. The van der Waals surface area contributed by atoms with E-state index in [0.29, 0.717) is 24.3 Å². The summed E-state index contributed by atoms with van der Waals surface area (Å²) in [6.45, 7) is 6.41. The van der Waals surface area contributed by atoms with Crippen molar-refractivity contribution in [2.45, 2.75) is 32.2 Å². The van der Waals surface area contributed by atoms with Crippen molar-refractivity contribution in [3.05, 3.63) is 48.9 Å². The van der Waals surface area contributed by atoms with Gasteiger partial charge in [-0.15, -0.1) is 11.3 Å². The van der Waals surface area contributed by atoms with Crippen LogP contribution in [0.15, 0.2) is 48.9 Å². The Kier molecular flexibility index (Phi) is 6.18. The molecule has 1 amide bonds. The molecule has 0 radical (unpaired) electrons. The Morgan fingerprint density at radius 3 is 2.72 bits per heavy atom. The van der Waals surface area contributed by atoms with Gasteiger partial charge in [0.05, 0.1) is 34.6 Å². The number of piperidine rings is 1. The van der Waals surface area contributed by atoms with Crippen molar-refractivity contribution >= 4 is 33.3 Å². The van der Waals surface area contributed by atoms with Crippen LogP contribution in [-0.4, -0.2) is 68.2 Å². The molecule has 1 aromatic carbocycles. The van der Waals surface area contributed by atoms with Crippen molar-refractivity contribution in [1.82, 2.24) is 29.5 Å². The number of thiazole rings is 1. The third-order valence-corrected chi connectivity index (χ3v) is 8.51. The van der Waals surface area contributed by atoms with E-state index in [9.17, 15) is 4.79 Å². The average Bonchev–Trinajstić information content (AvgIpc) is 3.64. The molecule has 1 atom stereocenters. The number of pyridine rings is 1. The molecule has 1 unspecified atom stereocenters. The molecule has 3 aromatic heterocycles. The Balaban J connectivity index is 1.12. The Morgan fingerprint density at radius 2 is 1.94 bits per heavy atom. The van der Waals surface area contributed by atoms with Crippen LogP contribution in [0, 0.1) is 5.92 Å². The first-order chi connectivity index (χ1) is 17.5. The number of anilines is 1. The summed E-state index contributed by atoms with van der Waals surface area (Å²) in [5.74, 6) is 1.39. The van der Waals surface area contributed by atoms with Crippen LogP contribution in [0.5, 0.6) is 0 Å². The summed E-state index contributed by atoms with van der Waals surface area (Å²) in [5, 5.41) is 5.56. The zero-order valence-corrected chi connectivity index (χ0v) is 21.3. The number of fused-ring (bicyclic) bond motifs is 1. The molecule has 36 heavy (non-hydrogen) atoms. The van der Waals surface area contributed by atoms with Gasteiger partial charge in [-0.25, -0.2) is 9.97 Å². The number of carbonyl (C=O) groups is 1. The molecule has 0 saturated carbocycles. The monoisotopic (exact) mass is 501 g/mol. The van der Waals surface area contributed by atoms with Crippen LogP contribution in [0.2, 0.25) is 0 Å². The zero-order chi connectivity index (χ0) is 24.6. The van der Waals surface area contributed by atoms with Crippen molar-refractivity contribution in [3.63, 3.8) is 0 Å². The van der Waals surface area contributed by atoms with E-state index < -0.39 is 0 Å². The highest BCUT2D eigenvalue weighted by atomic mass is 32.1. The Bertz CT molecular complexity index is 1350. The van der Waals surface area contributed by atoms with Gasteiger partial charge in [-0.2, -0.15) is 5.10 Å². The minimum Gasteiger partial charge on any atom is -0.383 e. The van der Waals surface area contributed by atoms with E-state index in [0.717, 1.165) is 77.4 Å². The number of para-hydroxylation sites is 1. The molecule has 5 heterocycles. The molecule has 0 spiro atoms. The number of nitrogens with two attached hydrogens (primary N) is 1. The molecule has 2 fully saturated rings. The first-order valence-corrected chi connectivity index (χ1v) is 13.5. The summed E-state index contributed by atoms with van der Waals surface area (Å²) in [7, 11) is 0. The van der Waals surface area contributed by atoms with E-state index in [1.807, 2.05) is 29.3 Å². The van der Waals surface area contributed by atoms with Gasteiger partial charge in [0.15, 0.2) is 0 Å². The number of rotatable bonds is 5. The second-order valence-corrected chi connectivity index (χ2v) is 11.1. The van der Waals surface area contributed by atoms with Crippen LogP contribution in [0.3, 0.4) is 0 Å². The number of aromatic nitrogens is 4. The van der Waals surface area contributed by atoms with E-state index in [2.05, 4.69) is 44.9 Å². The highest BCUT2D eigenvalue weighted by Gasteiger charge is 2.27. The molecule has 0 aliphatic carbocycles. The Labute approximate surface area is 214 Å². The molecule has 2 aliphatic rings. The summed E-state index contributed by atoms with van der Waals surface area (Å²) >= 11 is 1.63. The molecule has 2 aliphatic heterocycles. The second-order valence-electron chi connectivity index (χ2n) is 10.1. The lowest BCUT2D eigenvalue weighted by Gasteiger charge is -2.32. The molecule has 186 valence electrons. The lowest BCUT2D eigenvalue weighted by Crippen LogP contribution is -2.43. The highest BCUT2D eigenvalue weighted by molar-refractivity contribution is 7.21. The molecule has 4 aromatic rings. The van der Waals surface area contributed by atoms with Crippen molar-refractivity contribution in [1.29, 1.82) is 0 Å². The summed E-state index contributed by atoms with van der Waals surface area (Å²) in [5.41, 5.74) is 10.1. The standard InChI is InChI=1S/C27H31N7OS/c1-18-6-11-33(15-18)25(35)17-32-9-7-21(8-10-32)34-16-20(14-30-34)19-12-22(26(28)29-13-19)27-31-23-4-2-3-5-24(23)36-27/h2-5,12-14,16,18,21H,6-11,15,17H2,1H3,(H2,28,29). The van der Waals surface area contributed by atoms with Gasteiger partial charge in [0.2, 0.25) is 5.91 Å². The second kappa shape index (κ2) is 9.63. The van der Waals surface area contributed by atoms with Crippen LogP contribution in [-0.2, 0) is 4.79 Å². The predicted molar refractivity (Wildman–Crippen MR) is 144 cm³/mol. The maximum atomic E-state index is 12.6. The van der Waals surface area contributed by atoms with Crippen LogP contribution in [0.4, 0.5) is 5.82 Å². The Morgan fingerprint density at radius 1 is 1.11 bits per heavy atom. The molecule has 8 nitrogen and oxygen atoms in total. The van der Waals surface area contributed by atoms with E-state index in [-0.39, 0.29) is 5.91 Å². The minimum atomic E-state index is 0.277. The van der Waals surface area contributed by atoms with Crippen molar-refractivity contribution in [2.75, 3.05) is 38.5 Å². The summed E-state index contributed by atoms with van der Waals surface area (Å²) < 4.78 is 3.21. The molecule has 6 rings (SSSR count). The third-order valence-electron chi connectivity index (χ3n) is 7.44. The number of amides is 1. The van der Waals surface area contributed by atoms with Gasteiger partial charge in [-0.05, 0) is 43.4 Å². The van der Waals surface area contributed by atoms with Crippen molar-refractivity contribution in [3.8, 4) is 21.7 Å². The maximum absolute atomic E-state index is 12.6. The van der Waals surface area contributed by atoms with Gasteiger partial charge < -0.3 is 10.6 Å². The molecule has 2 N–H and O–H groups in total. The third kappa shape index (κ3) is 4.60. The van der Waals surface area contributed by atoms with Crippen molar-refractivity contribution < 1.29 is 4.79 Å². The number of nitrogen functional groups attached to an aromatic ring is 1. The maximum Gasteiger partial charge on any atom is 0.236 e. The minimum absolute atomic E-state index is 0.277. The van der Waals surface area contributed by atoms with Crippen LogP contribution in [0.1, 0.15) is 32.2 Å². The fourth-order valence-corrected chi connectivity index (χ4v) is 6.26. The summed E-state index contributed by atoms with van der Waals surface area (Å²) in [6.07, 6.45) is 8.91. The largest absolute Gasteiger partial charge is 0.383 e. The van der Waals surface area contributed by atoms with Crippen LogP contribution in [0.25, 0.3) is 31.9 Å². The highest BCUT2D eigenvalue weighted by Crippen LogP contribution is 2.35. The molecule has 9 heteroatoms. The number of likely N-dealkylation sites (tertiary alicyclic amines) is 2. The predicted octanol–water partition coefficient (Wildman–Crippen LogP) is 4.31. The first-order valence-electron chi connectivity index (χ1n) is 12.7. The lowest BCUT2D eigenvalue weighted by atomic mass is 10.0. The number of carbonyl (C=O) groups excluding carboxylic acids is 1. The fourth-order valence-electron chi connectivity index (χ4n) is 5.27. The molecular formula is C27H31N7OS. The van der Waals surface area contributed by atoms with Gasteiger partial charge in [0.25, 0.3) is 0 Å². The summed E-state index contributed by atoms with van der Waals surface area (Å²) in [6, 6.07) is 10.5. The van der Waals surface area contributed by atoms with E-state index >= 15 is 0 Å².